The molecule has 5 heteroatoms. The zero-order chi connectivity index (χ0) is 28.0. The largest absolute Gasteiger partial charge is 0.329 e. The third-order valence-electron chi connectivity index (χ3n) is 8.74. The fourth-order valence-corrected chi connectivity index (χ4v) is 6.66. The van der Waals surface area contributed by atoms with Crippen LogP contribution in [-0.2, 0) is 12.0 Å². The lowest BCUT2D eigenvalue weighted by Crippen LogP contribution is -2.43. The number of amides is 1. The van der Waals surface area contributed by atoms with Gasteiger partial charge in [-0.1, -0.05) is 109 Å². The number of carbonyl (C=O) groups excluding carboxylic acids is 1. The maximum atomic E-state index is 14.0. The van der Waals surface area contributed by atoms with E-state index in [0.29, 0.717) is 6.54 Å². The smallest absolute Gasteiger partial charge is 0.319 e. The number of benzene rings is 4. The summed E-state index contributed by atoms with van der Waals surface area (Å²) in [5.41, 5.74) is 6.93. The first kappa shape index (κ1) is 25.1. The highest BCUT2D eigenvalue weighted by Gasteiger charge is 2.39. The lowest BCUT2D eigenvalue weighted by molar-refractivity contribution is 0.173. The lowest BCUT2D eigenvalue weighted by Gasteiger charge is -2.37. The number of aromatic nitrogens is 3. The Morgan fingerprint density at radius 2 is 1.29 bits per heavy atom. The van der Waals surface area contributed by atoms with Gasteiger partial charge in [-0.2, -0.15) is 0 Å². The summed E-state index contributed by atoms with van der Waals surface area (Å²) in [6, 6.07) is 39.8. The van der Waals surface area contributed by atoms with Crippen molar-refractivity contribution >= 4 is 16.9 Å². The number of hydrogen-bond acceptors (Lipinski definition) is 2. The van der Waals surface area contributed by atoms with Crippen molar-refractivity contribution in [2.24, 2.45) is 0 Å². The molecule has 1 aliphatic heterocycles. The number of imidazole rings is 1. The first-order chi connectivity index (χ1) is 20.1. The fourth-order valence-electron chi connectivity index (χ4n) is 6.66. The van der Waals surface area contributed by atoms with Gasteiger partial charge in [0.25, 0.3) is 0 Å². The number of nitrogens with zero attached hydrogens (tertiary/aromatic N) is 4. The van der Waals surface area contributed by atoms with Crippen LogP contribution in [0.5, 0.6) is 0 Å². The summed E-state index contributed by atoms with van der Waals surface area (Å²) in [4.78, 5) is 20.9. The summed E-state index contributed by atoms with van der Waals surface area (Å²) in [7, 11) is 0. The van der Waals surface area contributed by atoms with E-state index in [2.05, 4.69) is 122 Å². The van der Waals surface area contributed by atoms with Crippen molar-refractivity contribution in [2.75, 3.05) is 6.54 Å². The average Bonchev–Trinajstić information content (AvgIpc) is 3.63. The number of carbonyl (C=O) groups is 1. The van der Waals surface area contributed by atoms with Crippen LogP contribution in [0.15, 0.2) is 128 Å². The molecule has 0 bridgehead atoms. The molecule has 1 atom stereocenters. The van der Waals surface area contributed by atoms with Gasteiger partial charge in [0, 0.05) is 30.2 Å². The number of fused-ring (bicyclic) bond motifs is 3. The van der Waals surface area contributed by atoms with Crippen molar-refractivity contribution in [1.29, 1.82) is 0 Å². The van der Waals surface area contributed by atoms with E-state index in [1.807, 2.05) is 34.0 Å². The normalized spacial score (nSPS) is 14.3. The second-order valence-electron chi connectivity index (χ2n) is 10.8. The van der Waals surface area contributed by atoms with Crippen molar-refractivity contribution in [3.63, 3.8) is 0 Å². The molecule has 7 rings (SSSR count). The van der Waals surface area contributed by atoms with Gasteiger partial charge in [0.15, 0.2) is 0 Å². The van der Waals surface area contributed by atoms with E-state index in [-0.39, 0.29) is 12.1 Å². The molecule has 4 aromatic carbocycles. The number of aryl methyl sites for hydroxylation is 1. The van der Waals surface area contributed by atoms with E-state index in [1.165, 1.54) is 5.56 Å². The van der Waals surface area contributed by atoms with Gasteiger partial charge in [0.05, 0.1) is 23.6 Å². The second kappa shape index (κ2) is 9.93. The molecule has 1 amide bonds. The molecule has 6 aromatic rings. The van der Waals surface area contributed by atoms with E-state index >= 15 is 0 Å². The number of para-hydroxylation sites is 1. The van der Waals surface area contributed by atoms with Crippen LogP contribution >= 0.6 is 0 Å². The Bertz CT molecular complexity index is 1740. The third kappa shape index (κ3) is 3.84. The molecular formula is C36H32N4O. The molecule has 0 saturated carbocycles. The van der Waals surface area contributed by atoms with Gasteiger partial charge in [-0.3, -0.25) is 4.57 Å². The Morgan fingerprint density at radius 1 is 0.756 bits per heavy atom. The highest BCUT2D eigenvalue weighted by atomic mass is 16.2. The van der Waals surface area contributed by atoms with Gasteiger partial charge in [0.1, 0.15) is 5.54 Å². The van der Waals surface area contributed by atoms with Crippen LogP contribution in [0.1, 0.15) is 46.6 Å². The van der Waals surface area contributed by atoms with E-state index < -0.39 is 5.54 Å². The minimum Gasteiger partial charge on any atom is -0.319 e. The van der Waals surface area contributed by atoms with Crippen LogP contribution in [0.2, 0.25) is 0 Å². The Morgan fingerprint density at radius 3 is 1.88 bits per heavy atom. The van der Waals surface area contributed by atoms with Gasteiger partial charge in [-0.15, -0.1) is 0 Å². The van der Waals surface area contributed by atoms with Crippen LogP contribution in [0.25, 0.3) is 10.9 Å². The second-order valence-corrected chi connectivity index (χ2v) is 10.8. The van der Waals surface area contributed by atoms with Crippen LogP contribution in [0.4, 0.5) is 4.79 Å². The van der Waals surface area contributed by atoms with Crippen LogP contribution < -0.4 is 0 Å². The molecule has 0 fully saturated rings. The summed E-state index contributed by atoms with van der Waals surface area (Å²) in [6.45, 7) is 4.87. The Labute approximate surface area is 240 Å². The standard InChI is InChI=1S/C36H32N4O/c1-26-31-20-12-13-21-34(31)40-33(26)22-23-39(35(40)41)27(2)32-24-38(25-37-32)36(28-14-6-3-7-15-28,29-16-8-4-9-17-29)30-18-10-5-11-19-30/h3-21,24-25,27H,22-23H2,1-2H3. The Kier molecular flexibility index (Phi) is 6.08. The van der Waals surface area contributed by atoms with Gasteiger partial charge < -0.3 is 9.47 Å². The van der Waals surface area contributed by atoms with E-state index in [0.717, 1.165) is 45.4 Å². The van der Waals surface area contributed by atoms with Gasteiger partial charge in [-0.05, 0) is 42.2 Å². The van der Waals surface area contributed by atoms with Crippen molar-refractivity contribution in [1.82, 2.24) is 19.0 Å². The summed E-state index contributed by atoms with van der Waals surface area (Å²) in [5, 5.41) is 1.15. The molecule has 2 aromatic heterocycles. The molecule has 5 nitrogen and oxygen atoms in total. The summed E-state index contributed by atoms with van der Waals surface area (Å²) in [6.07, 6.45) is 4.87. The lowest BCUT2D eigenvalue weighted by atomic mass is 9.77. The average molecular weight is 537 g/mol. The zero-order valence-electron chi connectivity index (χ0n) is 23.3. The number of hydrogen-bond donors (Lipinski definition) is 0. The summed E-state index contributed by atoms with van der Waals surface area (Å²) < 4.78 is 4.12. The molecule has 0 radical (unpaired) electrons. The zero-order valence-corrected chi connectivity index (χ0v) is 23.3. The molecule has 202 valence electrons. The van der Waals surface area contributed by atoms with Crippen LogP contribution in [-0.4, -0.2) is 31.6 Å². The third-order valence-corrected chi connectivity index (χ3v) is 8.74. The monoisotopic (exact) mass is 536 g/mol. The van der Waals surface area contributed by atoms with Crippen LogP contribution in [0, 0.1) is 6.92 Å². The Balaban J connectivity index is 1.34. The molecule has 0 aliphatic carbocycles. The quantitative estimate of drug-likeness (QED) is 0.206. The maximum absolute atomic E-state index is 14.0. The minimum atomic E-state index is -0.637. The van der Waals surface area contributed by atoms with E-state index in [9.17, 15) is 4.79 Å². The fraction of sp³-hybridized carbons (Fsp3) is 0.167. The summed E-state index contributed by atoms with van der Waals surface area (Å²) >= 11 is 0. The molecule has 0 N–H and O–H groups in total. The first-order valence-electron chi connectivity index (χ1n) is 14.2. The minimum absolute atomic E-state index is 0.0121. The van der Waals surface area contributed by atoms with Crippen molar-refractivity contribution in [2.45, 2.75) is 31.8 Å². The molecular weight excluding hydrogens is 504 g/mol. The highest BCUT2D eigenvalue weighted by molar-refractivity contribution is 5.96. The number of rotatable bonds is 6. The van der Waals surface area contributed by atoms with Crippen molar-refractivity contribution < 1.29 is 4.79 Å². The molecule has 0 saturated heterocycles. The predicted molar refractivity (Wildman–Crippen MR) is 163 cm³/mol. The van der Waals surface area contributed by atoms with Gasteiger partial charge >= 0.3 is 6.03 Å². The van der Waals surface area contributed by atoms with E-state index in [1.54, 1.807) is 0 Å². The van der Waals surface area contributed by atoms with Crippen molar-refractivity contribution in [3.8, 4) is 0 Å². The maximum Gasteiger partial charge on any atom is 0.329 e. The molecule has 3 heterocycles. The first-order valence-corrected chi connectivity index (χ1v) is 14.2. The molecule has 1 aliphatic rings. The topological polar surface area (TPSA) is 43.1 Å². The summed E-state index contributed by atoms with van der Waals surface area (Å²) in [5.74, 6) is 0. The van der Waals surface area contributed by atoms with Gasteiger partial charge in [-0.25, -0.2) is 9.78 Å². The van der Waals surface area contributed by atoms with E-state index in [4.69, 9.17) is 4.98 Å². The highest BCUT2D eigenvalue weighted by Crippen LogP contribution is 2.41. The van der Waals surface area contributed by atoms with Crippen LogP contribution in [0.3, 0.4) is 0 Å². The molecule has 41 heavy (non-hydrogen) atoms. The van der Waals surface area contributed by atoms with Crippen molar-refractivity contribution in [3.05, 3.63) is 161 Å². The Hall–Kier alpha value is -4.90. The predicted octanol–water partition coefficient (Wildman–Crippen LogP) is 7.57. The molecule has 1 unspecified atom stereocenters. The SMILES string of the molecule is Cc1c2n(c3ccccc13)C(=O)N(C(C)c1cn(C(c3ccccc3)(c3ccccc3)c3ccccc3)cn1)CC2. The van der Waals surface area contributed by atoms with Gasteiger partial charge in [0.2, 0.25) is 0 Å². The molecule has 0 spiro atoms.